The molecule has 1 aromatic heterocycles. The highest BCUT2D eigenvalue weighted by Crippen LogP contribution is 2.29. The molecule has 1 atom stereocenters. The van der Waals surface area contributed by atoms with E-state index in [2.05, 4.69) is 31.8 Å². The maximum absolute atomic E-state index is 12.0. The smallest absolute Gasteiger partial charge is 0.321 e. The number of ether oxygens (including phenoxy) is 1. The van der Waals surface area contributed by atoms with Gasteiger partial charge in [0.25, 0.3) is 0 Å². The van der Waals surface area contributed by atoms with Gasteiger partial charge in [-0.25, -0.2) is 9.97 Å². The predicted molar refractivity (Wildman–Crippen MR) is 85.5 cm³/mol. The first-order valence-corrected chi connectivity index (χ1v) is 7.47. The number of anilines is 1. The van der Waals surface area contributed by atoms with E-state index in [1.807, 2.05) is 12.1 Å². The number of halogens is 1. The molecule has 22 heavy (non-hydrogen) atoms. The van der Waals surface area contributed by atoms with Gasteiger partial charge in [0.15, 0.2) is 0 Å². The van der Waals surface area contributed by atoms with Gasteiger partial charge in [-0.15, -0.1) is 12.3 Å². The number of rotatable bonds is 3. The van der Waals surface area contributed by atoms with Crippen molar-refractivity contribution < 1.29 is 9.53 Å². The van der Waals surface area contributed by atoms with Crippen LogP contribution in [0.1, 0.15) is 6.42 Å². The Hall–Kier alpha value is -2.39. The highest BCUT2D eigenvalue weighted by molar-refractivity contribution is 9.10. The second-order valence-corrected chi connectivity index (χ2v) is 5.77. The summed E-state index contributed by atoms with van der Waals surface area (Å²) < 4.78 is 6.38. The average Bonchev–Trinajstić information content (AvgIpc) is 2.91. The number of terminal acetylenes is 1. The van der Waals surface area contributed by atoms with Crippen molar-refractivity contribution in [1.82, 2.24) is 9.97 Å². The minimum Gasteiger partial charge on any atom is -0.424 e. The van der Waals surface area contributed by atoms with Gasteiger partial charge < -0.3 is 9.64 Å². The van der Waals surface area contributed by atoms with Gasteiger partial charge in [-0.2, -0.15) is 0 Å². The van der Waals surface area contributed by atoms with Crippen molar-refractivity contribution in [3.8, 4) is 24.1 Å². The van der Waals surface area contributed by atoms with Crippen LogP contribution in [0.4, 0.5) is 5.69 Å². The number of carbonyl (C=O) groups is 1. The largest absolute Gasteiger partial charge is 0.424 e. The fourth-order valence-corrected chi connectivity index (χ4v) is 2.45. The molecule has 1 saturated heterocycles. The van der Waals surface area contributed by atoms with Gasteiger partial charge in [-0.05, 0) is 28.1 Å². The van der Waals surface area contributed by atoms with Gasteiger partial charge in [-0.1, -0.05) is 6.07 Å². The van der Waals surface area contributed by atoms with Crippen molar-refractivity contribution >= 4 is 27.5 Å². The summed E-state index contributed by atoms with van der Waals surface area (Å²) in [5.74, 6) is 3.19. The van der Waals surface area contributed by atoms with Crippen molar-refractivity contribution in [3.05, 3.63) is 41.1 Å². The third-order valence-electron chi connectivity index (χ3n) is 3.30. The van der Waals surface area contributed by atoms with Gasteiger partial charge in [0, 0.05) is 43.0 Å². The molecule has 0 N–H and O–H groups in total. The number of hydrogen-bond donors (Lipinski definition) is 0. The second-order valence-electron chi connectivity index (χ2n) is 4.86. The summed E-state index contributed by atoms with van der Waals surface area (Å²) in [4.78, 5) is 21.8. The van der Waals surface area contributed by atoms with Crippen LogP contribution in [-0.2, 0) is 4.79 Å². The maximum Gasteiger partial charge on any atom is 0.321 e. The minimum atomic E-state index is -0.0353. The molecular formula is C16H12BrN3O2. The lowest BCUT2D eigenvalue weighted by Crippen LogP contribution is -2.24. The molecular weight excluding hydrogens is 346 g/mol. The Morgan fingerprint density at radius 2 is 2.14 bits per heavy atom. The average molecular weight is 358 g/mol. The van der Waals surface area contributed by atoms with E-state index < -0.39 is 0 Å². The summed E-state index contributed by atoms with van der Waals surface area (Å²) in [5.41, 5.74) is 0.761. The standard InChI is InChI=1S/C16H12BrN3O2/c1-2-11-6-15(21)20(10-11)13-4-3-5-14(7-13)22-16-18-8-12(17)9-19-16/h1,3-5,7-9,11H,6,10H2. The quantitative estimate of drug-likeness (QED) is 0.792. The molecule has 2 heterocycles. The van der Waals surface area contributed by atoms with E-state index >= 15 is 0 Å². The Bertz CT molecular complexity index is 740. The van der Waals surface area contributed by atoms with E-state index in [0.717, 1.165) is 10.2 Å². The van der Waals surface area contributed by atoms with Crippen LogP contribution in [-0.4, -0.2) is 22.4 Å². The van der Waals surface area contributed by atoms with E-state index in [-0.39, 0.29) is 17.8 Å². The molecule has 5 nitrogen and oxygen atoms in total. The van der Waals surface area contributed by atoms with Gasteiger partial charge in [0.1, 0.15) is 5.75 Å². The molecule has 1 unspecified atom stereocenters. The molecule has 0 saturated carbocycles. The van der Waals surface area contributed by atoms with Crippen LogP contribution < -0.4 is 9.64 Å². The maximum atomic E-state index is 12.0. The van der Waals surface area contributed by atoms with Crippen molar-refractivity contribution in [1.29, 1.82) is 0 Å². The number of hydrogen-bond acceptors (Lipinski definition) is 4. The highest BCUT2D eigenvalue weighted by Gasteiger charge is 2.29. The molecule has 0 radical (unpaired) electrons. The molecule has 1 aliphatic rings. The van der Waals surface area contributed by atoms with Crippen LogP contribution in [0.15, 0.2) is 41.1 Å². The lowest BCUT2D eigenvalue weighted by molar-refractivity contribution is -0.117. The zero-order valence-electron chi connectivity index (χ0n) is 11.6. The lowest BCUT2D eigenvalue weighted by Gasteiger charge is -2.16. The zero-order chi connectivity index (χ0) is 15.5. The number of nitrogens with zero attached hydrogens (tertiary/aromatic N) is 3. The van der Waals surface area contributed by atoms with E-state index in [1.165, 1.54) is 0 Å². The first-order chi connectivity index (χ1) is 10.7. The Morgan fingerprint density at radius 1 is 1.36 bits per heavy atom. The van der Waals surface area contributed by atoms with Crippen molar-refractivity contribution in [2.45, 2.75) is 6.42 Å². The third kappa shape index (κ3) is 3.10. The van der Waals surface area contributed by atoms with Crippen LogP contribution in [0.2, 0.25) is 0 Å². The van der Waals surface area contributed by atoms with Crippen LogP contribution in [0.5, 0.6) is 11.8 Å². The monoisotopic (exact) mass is 357 g/mol. The van der Waals surface area contributed by atoms with E-state index in [1.54, 1.807) is 29.4 Å². The molecule has 1 aromatic carbocycles. The summed E-state index contributed by atoms with van der Waals surface area (Å²) in [6.45, 7) is 0.535. The van der Waals surface area contributed by atoms with Gasteiger partial charge in [0.05, 0.1) is 4.47 Å². The number of benzene rings is 1. The van der Waals surface area contributed by atoms with Crippen molar-refractivity contribution in [2.24, 2.45) is 5.92 Å². The van der Waals surface area contributed by atoms with Crippen LogP contribution in [0, 0.1) is 18.3 Å². The first kappa shape index (κ1) is 14.5. The summed E-state index contributed by atoms with van der Waals surface area (Å²) >= 11 is 3.27. The molecule has 3 rings (SSSR count). The fourth-order valence-electron chi connectivity index (χ4n) is 2.24. The third-order valence-corrected chi connectivity index (χ3v) is 3.71. The van der Waals surface area contributed by atoms with Crippen LogP contribution in [0.3, 0.4) is 0 Å². The van der Waals surface area contributed by atoms with Crippen LogP contribution >= 0.6 is 15.9 Å². The topological polar surface area (TPSA) is 55.3 Å². The number of carbonyl (C=O) groups excluding carboxylic acids is 1. The highest BCUT2D eigenvalue weighted by atomic mass is 79.9. The second kappa shape index (κ2) is 6.16. The Morgan fingerprint density at radius 3 is 2.82 bits per heavy atom. The lowest BCUT2D eigenvalue weighted by atomic mass is 10.1. The normalized spacial score (nSPS) is 17.4. The molecule has 6 heteroatoms. The van der Waals surface area contributed by atoms with Crippen LogP contribution in [0.25, 0.3) is 0 Å². The van der Waals surface area contributed by atoms with Gasteiger partial charge in [0.2, 0.25) is 5.91 Å². The van der Waals surface area contributed by atoms with E-state index in [0.29, 0.717) is 18.7 Å². The summed E-state index contributed by atoms with van der Waals surface area (Å²) in [6.07, 6.45) is 9.00. The molecule has 110 valence electrons. The molecule has 1 aliphatic heterocycles. The number of aromatic nitrogens is 2. The van der Waals surface area contributed by atoms with Gasteiger partial charge in [-0.3, -0.25) is 4.79 Å². The fraction of sp³-hybridized carbons (Fsp3) is 0.188. The zero-order valence-corrected chi connectivity index (χ0v) is 13.2. The molecule has 1 fully saturated rings. The Kier molecular flexibility index (Phi) is 4.07. The minimum absolute atomic E-state index is 0.0278. The van der Waals surface area contributed by atoms with Crippen molar-refractivity contribution in [3.63, 3.8) is 0 Å². The Labute approximate surface area is 136 Å². The summed E-state index contributed by atoms with van der Waals surface area (Å²) in [5, 5.41) is 0. The van der Waals surface area contributed by atoms with Crippen molar-refractivity contribution in [2.75, 3.05) is 11.4 Å². The molecule has 0 aliphatic carbocycles. The summed E-state index contributed by atoms with van der Waals surface area (Å²) in [7, 11) is 0. The number of amides is 1. The molecule has 0 bridgehead atoms. The first-order valence-electron chi connectivity index (χ1n) is 6.67. The van der Waals surface area contributed by atoms with E-state index in [4.69, 9.17) is 11.2 Å². The predicted octanol–water partition coefficient (Wildman–Crippen LogP) is 3.02. The molecule has 2 aromatic rings. The molecule has 0 spiro atoms. The summed E-state index contributed by atoms with van der Waals surface area (Å²) in [6, 6.07) is 7.48. The molecule has 1 amide bonds. The van der Waals surface area contributed by atoms with Gasteiger partial charge >= 0.3 is 6.01 Å². The SMILES string of the molecule is C#CC1CC(=O)N(c2cccc(Oc3ncc(Br)cn3)c2)C1. The van der Waals surface area contributed by atoms with E-state index in [9.17, 15) is 4.79 Å². The Balaban J connectivity index is 1.80.